The molecule has 2 nitrogen and oxygen atoms in total. The van der Waals surface area contributed by atoms with Gasteiger partial charge in [-0.1, -0.05) is 24.3 Å². The van der Waals surface area contributed by atoms with Crippen molar-refractivity contribution in [3.05, 3.63) is 54.8 Å². The lowest BCUT2D eigenvalue weighted by atomic mass is 10.0. The second-order valence-corrected chi connectivity index (χ2v) is 3.67. The van der Waals surface area contributed by atoms with Gasteiger partial charge in [0.25, 0.3) is 0 Å². The summed E-state index contributed by atoms with van der Waals surface area (Å²) in [7, 11) is 0. The van der Waals surface area contributed by atoms with E-state index >= 15 is 0 Å². The van der Waals surface area contributed by atoms with E-state index in [2.05, 4.69) is 0 Å². The predicted octanol–water partition coefficient (Wildman–Crippen LogP) is 4.24. The Morgan fingerprint density at radius 3 is 2.69 bits per heavy atom. The van der Waals surface area contributed by atoms with Gasteiger partial charge in [0.15, 0.2) is 5.75 Å². The first-order chi connectivity index (χ1) is 7.84. The van der Waals surface area contributed by atoms with Gasteiger partial charge in [-0.25, -0.2) is 0 Å². The van der Waals surface area contributed by atoms with Gasteiger partial charge in [0.05, 0.1) is 6.26 Å². The first kappa shape index (κ1) is 9.04. The summed E-state index contributed by atoms with van der Waals surface area (Å²) >= 11 is 0. The Hall–Kier alpha value is -2.22. The fourth-order valence-corrected chi connectivity index (χ4v) is 1.84. The highest BCUT2D eigenvalue weighted by molar-refractivity contribution is 5.84. The zero-order valence-corrected chi connectivity index (χ0v) is 8.51. The van der Waals surface area contributed by atoms with Crippen molar-refractivity contribution in [1.29, 1.82) is 0 Å². The molecule has 0 bridgehead atoms. The molecule has 3 aromatic rings. The predicted molar refractivity (Wildman–Crippen MR) is 61.8 cm³/mol. The van der Waals surface area contributed by atoms with Gasteiger partial charge in [-0.05, 0) is 29.8 Å². The molecule has 1 heterocycles. The van der Waals surface area contributed by atoms with Crippen LogP contribution >= 0.6 is 0 Å². The molecule has 0 aliphatic rings. The molecule has 0 unspecified atom stereocenters. The summed E-state index contributed by atoms with van der Waals surface area (Å²) in [5, 5.41) is 12.7. The molecule has 0 fully saturated rings. The van der Waals surface area contributed by atoms with E-state index in [1.807, 2.05) is 36.4 Å². The van der Waals surface area contributed by atoms with Gasteiger partial charge in [0, 0.05) is 10.9 Å². The molecule has 3 rings (SSSR count). The molecular weight excluding hydrogens is 200 g/mol. The number of benzene rings is 2. The molecule has 0 saturated carbocycles. The Balaban J connectivity index is 2.22. The number of rotatable bonds is 1. The largest absolute Gasteiger partial charge is 0.464 e. The number of hydrogen-bond acceptors (Lipinski definition) is 1. The van der Waals surface area contributed by atoms with E-state index in [9.17, 15) is 5.11 Å². The van der Waals surface area contributed by atoms with Crippen molar-refractivity contribution >= 4 is 11.0 Å². The first-order valence-electron chi connectivity index (χ1n) is 5.08. The van der Waals surface area contributed by atoms with Crippen molar-refractivity contribution in [2.24, 2.45) is 0 Å². The molecule has 0 atom stereocenters. The number of furan rings is 1. The smallest absolute Gasteiger partial charge is 0.186 e. The fourth-order valence-electron chi connectivity index (χ4n) is 1.84. The Morgan fingerprint density at radius 2 is 1.81 bits per heavy atom. The van der Waals surface area contributed by atoms with Crippen molar-refractivity contribution in [3.63, 3.8) is 0 Å². The van der Waals surface area contributed by atoms with Gasteiger partial charge in [-0.3, -0.25) is 5.11 Å². The minimum atomic E-state index is 0.0466. The Kier molecular flexibility index (Phi) is 1.93. The standard InChI is InChI=1S/C14H9O2/c15-13-4-2-1-3-12(13)10-5-6-14-11(9-10)7-8-16-14/h1-9H. The molecule has 0 aliphatic heterocycles. The zero-order valence-electron chi connectivity index (χ0n) is 8.51. The van der Waals surface area contributed by atoms with Gasteiger partial charge in [-0.15, -0.1) is 0 Å². The maximum absolute atomic E-state index is 11.7. The second-order valence-electron chi connectivity index (χ2n) is 3.67. The molecule has 0 spiro atoms. The average Bonchev–Trinajstić information content (AvgIpc) is 2.76. The minimum absolute atomic E-state index is 0.0466. The molecule has 16 heavy (non-hydrogen) atoms. The summed E-state index contributed by atoms with van der Waals surface area (Å²) in [6.07, 6.45) is 1.65. The van der Waals surface area contributed by atoms with Crippen molar-refractivity contribution in [2.45, 2.75) is 0 Å². The maximum Gasteiger partial charge on any atom is 0.186 e. The highest BCUT2D eigenvalue weighted by Gasteiger charge is 2.06. The quantitative estimate of drug-likeness (QED) is 0.589. The van der Waals surface area contributed by atoms with Crippen LogP contribution in [-0.2, 0) is 5.11 Å². The van der Waals surface area contributed by atoms with Gasteiger partial charge in [-0.2, -0.15) is 0 Å². The third-order valence-corrected chi connectivity index (χ3v) is 2.65. The van der Waals surface area contributed by atoms with E-state index < -0.39 is 0 Å². The van der Waals surface area contributed by atoms with Crippen molar-refractivity contribution < 1.29 is 9.52 Å². The van der Waals surface area contributed by atoms with Crippen LogP contribution in [0.15, 0.2) is 59.2 Å². The Labute approximate surface area is 92.8 Å². The molecule has 0 N–H and O–H groups in total. The SMILES string of the molecule is [O]c1ccccc1-c1ccc2occc2c1. The van der Waals surface area contributed by atoms with Crippen LogP contribution in [0.1, 0.15) is 0 Å². The van der Waals surface area contributed by atoms with E-state index in [0.717, 1.165) is 22.1 Å². The Bertz CT molecular complexity index is 638. The third kappa shape index (κ3) is 1.36. The van der Waals surface area contributed by atoms with Crippen LogP contribution in [-0.4, -0.2) is 0 Å². The summed E-state index contributed by atoms with van der Waals surface area (Å²) in [5.74, 6) is 0.0466. The average molecular weight is 209 g/mol. The topological polar surface area (TPSA) is 33.0 Å². The van der Waals surface area contributed by atoms with E-state index in [1.54, 1.807) is 18.4 Å². The van der Waals surface area contributed by atoms with Crippen LogP contribution in [0.25, 0.3) is 22.1 Å². The molecule has 0 saturated heterocycles. The summed E-state index contributed by atoms with van der Waals surface area (Å²) in [6.45, 7) is 0. The van der Waals surface area contributed by atoms with Crippen molar-refractivity contribution in [2.75, 3.05) is 0 Å². The molecule has 1 aromatic heterocycles. The number of para-hydroxylation sites is 1. The van der Waals surface area contributed by atoms with Crippen LogP contribution in [0.5, 0.6) is 5.75 Å². The van der Waals surface area contributed by atoms with Crippen LogP contribution in [0.4, 0.5) is 0 Å². The van der Waals surface area contributed by atoms with Crippen molar-refractivity contribution in [1.82, 2.24) is 0 Å². The van der Waals surface area contributed by atoms with Crippen LogP contribution in [0.2, 0.25) is 0 Å². The number of hydrogen-bond donors (Lipinski definition) is 0. The lowest BCUT2D eigenvalue weighted by Gasteiger charge is -2.02. The van der Waals surface area contributed by atoms with E-state index in [0.29, 0.717) is 0 Å². The summed E-state index contributed by atoms with van der Waals surface area (Å²) in [5.41, 5.74) is 2.50. The lowest BCUT2D eigenvalue weighted by Crippen LogP contribution is -1.77. The molecule has 2 heteroatoms. The highest BCUT2D eigenvalue weighted by Crippen LogP contribution is 2.31. The van der Waals surface area contributed by atoms with E-state index in [4.69, 9.17) is 4.42 Å². The van der Waals surface area contributed by atoms with Crippen LogP contribution in [0, 0.1) is 0 Å². The maximum atomic E-state index is 11.7. The van der Waals surface area contributed by atoms with Gasteiger partial charge < -0.3 is 4.42 Å². The van der Waals surface area contributed by atoms with Gasteiger partial charge in [0.2, 0.25) is 0 Å². The monoisotopic (exact) mass is 209 g/mol. The molecule has 0 aliphatic carbocycles. The Morgan fingerprint density at radius 1 is 0.938 bits per heavy atom. The summed E-state index contributed by atoms with van der Waals surface area (Å²) in [6, 6.07) is 14.7. The molecular formula is C14H9O2. The third-order valence-electron chi connectivity index (χ3n) is 2.65. The summed E-state index contributed by atoms with van der Waals surface area (Å²) in [4.78, 5) is 0. The van der Waals surface area contributed by atoms with E-state index in [-0.39, 0.29) is 5.75 Å². The molecule has 1 radical (unpaired) electrons. The van der Waals surface area contributed by atoms with Crippen LogP contribution in [0.3, 0.4) is 0 Å². The van der Waals surface area contributed by atoms with Crippen LogP contribution < -0.4 is 0 Å². The van der Waals surface area contributed by atoms with Gasteiger partial charge >= 0.3 is 0 Å². The van der Waals surface area contributed by atoms with Gasteiger partial charge in [0.1, 0.15) is 5.58 Å². The summed E-state index contributed by atoms with van der Waals surface area (Å²) < 4.78 is 5.26. The van der Waals surface area contributed by atoms with Crippen molar-refractivity contribution in [3.8, 4) is 16.9 Å². The zero-order chi connectivity index (χ0) is 11.0. The first-order valence-corrected chi connectivity index (χ1v) is 5.08. The normalized spacial score (nSPS) is 10.8. The molecule has 77 valence electrons. The molecule has 0 amide bonds. The van der Waals surface area contributed by atoms with E-state index in [1.165, 1.54) is 0 Å². The number of fused-ring (bicyclic) bond motifs is 1. The second kappa shape index (κ2) is 3.42. The highest BCUT2D eigenvalue weighted by atomic mass is 16.3. The molecule has 2 aromatic carbocycles. The fraction of sp³-hybridized carbons (Fsp3) is 0. The lowest BCUT2D eigenvalue weighted by molar-refractivity contribution is 0.356. The minimum Gasteiger partial charge on any atom is -0.464 e.